The largest absolute Gasteiger partial charge is 0.619 e. The average Bonchev–Trinajstić information content (AvgIpc) is 3.18. The van der Waals surface area contributed by atoms with Crippen LogP contribution in [-0.2, 0) is 0 Å². The fourth-order valence-corrected chi connectivity index (χ4v) is 2.28. The van der Waals surface area contributed by atoms with E-state index < -0.39 is 0 Å². The number of hydrogen-bond acceptors (Lipinski definition) is 2. The summed E-state index contributed by atoms with van der Waals surface area (Å²) in [5, 5.41) is 13.8. The van der Waals surface area contributed by atoms with Gasteiger partial charge < -0.3 is 10.5 Å². The van der Waals surface area contributed by atoms with Crippen LogP contribution in [0.2, 0.25) is 0 Å². The van der Waals surface area contributed by atoms with Gasteiger partial charge in [-0.2, -0.15) is 4.73 Å². The van der Waals surface area contributed by atoms with E-state index >= 15 is 0 Å². The van der Waals surface area contributed by atoms with Crippen LogP contribution in [0.5, 0.6) is 0 Å². The molecule has 0 saturated heterocycles. The Hall–Kier alpha value is -2.43. The molecule has 1 aliphatic carbocycles. The predicted molar refractivity (Wildman–Crippen MR) is 70.4 cm³/mol. The fraction of sp³-hybridized carbons (Fsp3) is 0.200. The van der Waals surface area contributed by atoms with Crippen LogP contribution in [-0.4, -0.2) is 11.9 Å². The molecule has 0 aliphatic heterocycles. The van der Waals surface area contributed by atoms with Gasteiger partial charge in [-0.25, -0.2) is 4.39 Å². The van der Waals surface area contributed by atoms with Crippen LogP contribution in [0, 0.1) is 11.0 Å². The summed E-state index contributed by atoms with van der Waals surface area (Å²) in [4.78, 5) is 12.0. The third-order valence-electron chi connectivity index (χ3n) is 3.45. The molecule has 1 aliphatic rings. The Morgan fingerprint density at radius 3 is 2.75 bits per heavy atom. The molecule has 3 rings (SSSR count). The van der Waals surface area contributed by atoms with Crippen LogP contribution in [0.1, 0.15) is 28.3 Å². The number of rotatable bonds is 3. The summed E-state index contributed by atoms with van der Waals surface area (Å²) in [5.41, 5.74) is 1.35. The molecule has 2 atom stereocenters. The summed E-state index contributed by atoms with van der Waals surface area (Å²) >= 11 is 0. The molecule has 1 fully saturated rings. The molecule has 20 heavy (non-hydrogen) atoms. The van der Waals surface area contributed by atoms with Crippen molar-refractivity contribution < 1.29 is 13.9 Å². The molecule has 0 bridgehead atoms. The van der Waals surface area contributed by atoms with Crippen molar-refractivity contribution in [1.29, 1.82) is 0 Å². The van der Waals surface area contributed by atoms with Gasteiger partial charge in [0.2, 0.25) is 0 Å². The molecule has 1 saturated carbocycles. The SMILES string of the molecule is O=C(NC1CC1c1cccc(F)c1)c1cc[n+]([O-])cc1. The molecule has 1 amide bonds. The first kappa shape index (κ1) is 12.6. The number of halogens is 1. The van der Waals surface area contributed by atoms with Crippen LogP contribution >= 0.6 is 0 Å². The van der Waals surface area contributed by atoms with Crippen molar-refractivity contribution in [3.8, 4) is 0 Å². The van der Waals surface area contributed by atoms with Gasteiger partial charge in [-0.1, -0.05) is 12.1 Å². The van der Waals surface area contributed by atoms with Gasteiger partial charge in [0.1, 0.15) is 5.82 Å². The molecule has 4 nitrogen and oxygen atoms in total. The van der Waals surface area contributed by atoms with Crippen molar-refractivity contribution in [2.45, 2.75) is 18.4 Å². The van der Waals surface area contributed by atoms with Gasteiger partial charge in [0, 0.05) is 24.1 Å². The van der Waals surface area contributed by atoms with Gasteiger partial charge in [-0.15, -0.1) is 0 Å². The van der Waals surface area contributed by atoms with E-state index in [4.69, 9.17) is 0 Å². The normalized spacial score (nSPS) is 20.4. The first-order chi connectivity index (χ1) is 9.63. The van der Waals surface area contributed by atoms with E-state index in [1.807, 2.05) is 6.07 Å². The van der Waals surface area contributed by atoms with Crippen molar-refractivity contribution in [3.05, 3.63) is 70.9 Å². The zero-order valence-electron chi connectivity index (χ0n) is 10.6. The Kier molecular flexibility index (Phi) is 3.10. The lowest BCUT2D eigenvalue weighted by Gasteiger charge is -2.05. The monoisotopic (exact) mass is 272 g/mol. The van der Waals surface area contributed by atoms with Gasteiger partial charge in [0.25, 0.3) is 5.91 Å². The Balaban J connectivity index is 1.63. The zero-order chi connectivity index (χ0) is 14.1. The number of hydrogen-bond donors (Lipinski definition) is 1. The van der Waals surface area contributed by atoms with E-state index in [0.29, 0.717) is 10.3 Å². The third kappa shape index (κ3) is 2.61. The highest BCUT2D eigenvalue weighted by Gasteiger charge is 2.39. The number of carbonyl (C=O) groups excluding carboxylic acids is 1. The molecular weight excluding hydrogens is 259 g/mol. The van der Waals surface area contributed by atoms with Crippen molar-refractivity contribution in [2.75, 3.05) is 0 Å². The van der Waals surface area contributed by atoms with E-state index in [9.17, 15) is 14.4 Å². The van der Waals surface area contributed by atoms with E-state index in [-0.39, 0.29) is 23.7 Å². The van der Waals surface area contributed by atoms with Crippen molar-refractivity contribution >= 4 is 5.91 Å². The number of aromatic nitrogens is 1. The summed E-state index contributed by atoms with van der Waals surface area (Å²) in [6.45, 7) is 0. The molecule has 0 spiro atoms. The summed E-state index contributed by atoms with van der Waals surface area (Å²) in [7, 11) is 0. The van der Waals surface area contributed by atoms with E-state index in [0.717, 1.165) is 12.0 Å². The lowest BCUT2D eigenvalue weighted by atomic mass is 10.1. The third-order valence-corrected chi connectivity index (χ3v) is 3.45. The van der Waals surface area contributed by atoms with Crippen LogP contribution in [0.3, 0.4) is 0 Å². The van der Waals surface area contributed by atoms with Crippen LogP contribution in [0.15, 0.2) is 48.8 Å². The first-order valence-electron chi connectivity index (χ1n) is 6.38. The Morgan fingerprint density at radius 2 is 2.05 bits per heavy atom. The summed E-state index contributed by atoms with van der Waals surface area (Å²) < 4.78 is 13.8. The van der Waals surface area contributed by atoms with E-state index in [1.165, 1.54) is 36.7 Å². The van der Waals surface area contributed by atoms with Crippen molar-refractivity contribution in [1.82, 2.24) is 5.32 Å². The summed E-state index contributed by atoms with van der Waals surface area (Å²) in [5.74, 6) is -0.306. The van der Waals surface area contributed by atoms with Crippen LogP contribution in [0.4, 0.5) is 4.39 Å². The Morgan fingerprint density at radius 1 is 1.30 bits per heavy atom. The smallest absolute Gasteiger partial charge is 0.251 e. The minimum Gasteiger partial charge on any atom is -0.619 e. The average molecular weight is 272 g/mol. The molecular formula is C15H13FN2O2. The minimum absolute atomic E-state index is 0.0314. The van der Waals surface area contributed by atoms with Gasteiger partial charge in [-0.3, -0.25) is 4.79 Å². The maximum atomic E-state index is 13.1. The standard InChI is InChI=1S/C15H13FN2O2/c16-12-3-1-2-11(8-12)13-9-14(13)17-15(19)10-4-6-18(20)7-5-10/h1-8,13-14H,9H2,(H,17,19). The molecule has 1 aromatic heterocycles. The molecule has 1 aromatic carbocycles. The van der Waals surface area contributed by atoms with Crippen LogP contribution < -0.4 is 10.0 Å². The highest BCUT2D eigenvalue weighted by atomic mass is 19.1. The second kappa shape index (κ2) is 4.92. The number of nitrogens with one attached hydrogen (secondary N) is 1. The minimum atomic E-state index is -0.262. The highest BCUT2D eigenvalue weighted by Crippen LogP contribution is 2.40. The number of carbonyl (C=O) groups is 1. The molecule has 1 N–H and O–H groups in total. The molecule has 0 radical (unpaired) electrons. The van der Waals surface area contributed by atoms with Crippen LogP contribution in [0.25, 0.3) is 0 Å². The van der Waals surface area contributed by atoms with Gasteiger partial charge in [0.15, 0.2) is 12.4 Å². The lowest BCUT2D eigenvalue weighted by molar-refractivity contribution is -0.605. The highest BCUT2D eigenvalue weighted by molar-refractivity contribution is 5.94. The van der Waals surface area contributed by atoms with Crippen molar-refractivity contribution in [2.24, 2.45) is 0 Å². The van der Waals surface area contributed by atoms with Gasteiger partial charge in [0.05, 0.1) is 5.56 Å². The maximum absolute atomic E-state index is 13.1. The van der Waals surface area contributed by atoms with E-state index in [1.54, 1.807) is 6.07 Å². The number of nitrogens with zero attached hydrogens (tertiary/aromatic N) is 1. The Labute approximate surface area is 115 Å². The second-order valence-electron chi connectivity index (χ2n) is 4.92. The summed E-state index contributed by atoms with van der Waals surface area (Å²) in [6, 6.07) is 9.42. The van der Waals surface area contributed by atoms with E-state index in [2.05, 4.69) is 5.32 Å². The maximum Gasteiger partial charge on any atom is 0.251 e. The Bertz CT molecular complexity index is 643. The topological polar surface area (TPSA) is 56.0 Å². The quantitative estimate of drug-likeness (QED) is 0.683. The van der Waals surface area contributed by atoms with Crippen molar-refractivity contribution in [3.63, 3.8) is 0 Å². The summed E-state index contributed by atoms with van der Waals surface area (Å²) in [6.07, 6.45) is 3.38. The molecule has 102 valence electrons. The molecule has 2 unspecified atom stereocenters. The lowest BCUT2D eigenvalue weighted by Crippen LogP contribution is -2.29. The predicted octanol–water partition coefficient (Wildman–Crippen LogP) is 1.75. The molecule has 2 aromatic rings. The molecule has 1 heterocycles. The van der Waals surface area contributed by atoms with Gasteiger partial charge >= 0.3 is 0 Å². The van der Waals surface area contributed by atoms with Gasteiger partial charge in [-0.05, 0) is 24.1 Å². The molecule has 5 heteroatoms. The number of amides is 1. The fourth-order valence-electron chi connectivity index (χ4n) is 2.28. The number of benzene rings is 1. The number of pyridine rings is 1. The first-order valence-corrected chi connectivity index (χ1v) is 6.38. The zero-order valence-corrected chi connectivity index (χ0v) is 10.6. The second-order valence-corrected chi connectivity index (χ2v) is 4.92.